The molecular formula is C20H15ClFN3O2S. The molecule has 0 aromatic heterocycles. The molecule has 0 saturated carbocycles. The Morgan fingerprint density at radius 3 is 2.25 bits per heavy atom. The van der Waals surface area contributed by atoms with E-state index in [0.29, 0.717) is 22.1 Å². The fourth-order valence-electron chi connectivity index (χ4n) is 2.37. The van der Waals surface area contributed by atoms with Gasteiger partial charge >= 0.3 is 0 Å². The number of benzene rings is 3. The lowest BCUT2D eigenvalue weighted by atomic mass is 10.2. The number of phenols is 1. The number of aromatic hydroxyl groups is 1. The first-order valence-electron chi connectivity index (χ1n) is 8.15. The van der Waals surface area contributed by atoms with Crippen molar-refractivity contribution in [2.24, 2.45) is 0 Å². The van der Waals surface area contributed by atoms with Gasteiger partial charge in [0.2, 0.25) is 0 Å². The topological polar surface area (TPSA) is 73.4 Å². The van der Waals surface area contributed by atoms with Crippen LogP contribution < -0.4 is 16.0 Å². The Bertz CT molecular complexity index is 1030. The van der Waals surface area contributed by atoms with E-state index in [1.807, 2.05) is 0 Å². The number of amides is 1. The average molecular weight is 416 g/mol. The monoisotopic (exact) mass is 415 g/mol. The van der Waals surface area contributed by atoms with Gasteiger partial charge in [0.15, 0.2) is 5.11 Å². The molecule has 1 amide bonds. The van der Waals surface area contributed by atoms with Crippen LogP contribution in [0.25, 0.3) is 0 Å². The molecule has 4 N–H and O–H groups in total. The predicted octanol–water partition coefficient (Wildman–Crippen LogP) is 5.25. The summed E-state index contributed by atoms with van der Waals surface area (Å²) in [5, 5.41) is 18.9. The highest BCUT2D eigenvalue weighted by molar-refractivity contribution is 7.80. The summed E-state index contributed by atoms with van der Waals surface area (Å²) in [6.45, 7) is 0. The number of anilines is 3. The molecule has 8 heteroatoms. The first-order chi connectivity index (χ1) is 13.4. The summed E-state index contributed by atoms with van der Waals surface area (Å²) in [5.74, 6) is -1.11. The van der Waals surface area contributed by atoms with Crippen molar-refractivity contribution in [2.45, 2.75) is 0 Å². The zero-order chi connectivity index (χ0) is 20.1. The second kappa shape index (κ2) is 8.69. The van der Waals surface area contributed by atoms with Crippen molar-refractivity contribution in [3.8, 4) is 5.75 Å². The van der Waals surface area contributed by atoms with Crippen LogP contribution >= 0.6 is 23.8 Å². The maximum absolute atomic E-state index is 13.7. The van der Waals surface area contributed by atoms with Crippen LogP contribution in [0.15, 0.2) is 66.7 Å². The summed E-state index contributed by atoms with van der Waals surface area (Å²) >= 11 is 11.1. The number of hydrogen-bond acceptors (Lipinski definition) is 3. The summed E-state index contributed by atoms with van der Waals surface area (Å²) < 4.78 is 13.7. The number of hydrogen-bond donors (Lipinski definition) is 4. The summed E-state index contributed by atoms with van der Waals surface area (Å²) in [7, 11) is 0. The largest absolute Gasteiger partial charge is 0.506 e. The van der Waals surface area contributed by atoms with Gasteiger partial charge in [-0.25, -0.2) is 4.39 Å². The van der Waals surface area contributed by atoms with Crippen LogP contribution in [0.2, 0.25) is 5.02 Å². The lowest BCUT2D eigenvalue weighted by Crippen LogP contribution is -2.19. The second-order valence-corrected chi connectivity index (χ2v) is 6.60. The van der Waals surface area contributed by atoms with Crippen molar-refractivity contribution >= 4 is 51.9 Å². The summed E-state index contributed by atoms with van der Waals surface area (Å²) in [6.07, 6.45) is 0. The molecule has 0 aliphatic heterocycles. The van der Waals surface area contributed by atoms with Crippen molar-refractivity contribution in [1.29, 1.82) is 0 Å². The number of carbonyl (C=O) groups excluding carboxylic acids is 1. The van der Waals surface area contributed by atoms with Gasteiger partial charge in [-0.15, -0.1) is 0 Å². The number of thiocarbonyl (C=S) groups is 1. The first kappa shape index (κ1) is 19.6. The molecule has 0 atom stereocenters. The lowest BCUT2D eigenvalue weighted by Gasteiger charge is -2.12. The van der Waals surface area contributed by atoms with Crippen LogP contribution in [0.5, 0.6) is 5.75 Å². The van der Waals surface area contributed by atoms with E-state index in [0.717, 1.165) is 0 Å². The smallest absolute Gasteiger partial charge is 0.258 e. The minimum absolute atomic E-state index is 0.0137. The average Bonchev–Trinajstić information content (AvgIpc) is 2.66. The molecule has 3 aromatic carbocycles. The quantitative estimate of drug-likeness (QED) is 0.346. The van der Waals surface area contributed by atoms with E-state index in [4.69, 9.17) is 23.8 Å². The highest BCUT2D eigenvalue weighted by Gasteiger charge is 2.11. The van der Waals surface area contributed by atoms with Crippen LogP contribution in [0, 0.1) is 5.82 Å². The fraction of sp³-hybridized carbons (Fsp3) is 0. The highest BCUT2D eigenvalue weighted by Crippen LogP contribution is 2.26. The number of phenolic OH excluding ortho intramolecular Hbond substituents is 1. The second-order valence-electron chi connectivity index (χ2n) is 5.75. The Morgan fingerprint density at radius 1 is 0.929 bits per heavy atom. The fourth-order valence-corrected chi connectivity index (χ4v) is 2.77. The first-order valence-corrected chi connectivity index (χ1v) is 8.93. The van der Waals surface area contributed by atoms with Gasteiger partial charge in [0.1, 0.15) is 11.6 Å². The molecule has 0 unspecified atom stereocenters. The van der Waals surface area contributed by atoms with Crippen LogP contribution in [-0.2, 0) is 0 Å². The molecule has 0 saturated heterocycles. The van der Waals surface area contributed by atoms with Gasteiger partial charge in [-0.3, -0.25) is 4.79 Å². The molecule has 0 heterocycles. The van der Waals surface area contributed by atoms with Crippen LogP contribution in [0.4, 0.5) is 21.5 Å². The van der Waals surface area contributed by atoms with E-state index in [-0.39, 0.29) is 16.4 Å². The molecule has 0 bridgehead atoms. The molecule has 0 aliphatic rings. The normalized spacial score (nSPS) is 10.2. The number of nitrogens with one attached hydrogen (secondary N) is 3. The molecule has 0 radical (unpaired) electrons. The Hall–Kier alpha value is -3.16. The van der Waals surface area contributed by atoms with Crippen LogP contribution in [0.1, 0.15) is 10.4 Å². The van der Waals surface area contributed by atoms with Gasteiger partial charge in [-0.1, -0.05) is 23.7 Å². The Kier molecular flexibility index (Phi) is 6.08. The minimum Gasteiger partial charge on any atom is -0.506 e. The standard InChI is InChI=1S/C20H15ClFN3O2S/c21-12-5-10-18(26)17(11-12)25-20(28)24-14-8-6-13(7-9-14)23-19(27)15-3-1-2-4-16(15)22/h1-11,26H,(H,23,27)(H2,24,25,28). The van der Waals surface area contributed by atoms with E-state index in [9.17, 15) is 14.3 Å². The minimum atomic E-state index is -0.584. The van der Waals surface area contributed by atoms with Crippen molar-refractivity contribution in [1.82, 2.24) is 0 Å². The van der Waals surface area contributed by atoms with Gasteiger partial charge < -0.3 is 21.1 Å². The lowest BCUT2D eigenvalue weighted by molar-refractivity contribution is 0.102. The Labute approximate surface area is 171 Å². The van der Waals surface area contributed by atoms with E-state index < -0.39 is 11.7 Å². The molecule has 0 fully saturated rings. The summed E-state index contributed by atoms with van der Waals surface area (Å²) in [6, 6.07) is 17.0. The van der Waals surface area contributed by atoms with Gasteiger partial charge in [0.05, 0.1) is 11.3 Å². The Balaban J connectivity index is 1.61. The molecule has 3 aromatic rings. The highest BCUT2D eigenvalue weighted by atomic mass is 35.5. The van der Waals surface area contributed by atoms with Crippen molar-refractivity contribution < 1.29 is 14.3 Å². The summed E-state index contributed by atoms with van der Waals surface area (Å²) in [5.41, 5.74) is 1.50. The third kappa shape index (κ3) is 4.97. The number of carbonyl (C=O) groups is 1. The zero-order valence-corrected chi connectivity index (χ0v) is 15.9. The van der Waals surface area contributed by atoms with E-state index in [1.54, 1.807) is 42.5 Å². The van der Waals surface area contributed by atoms with E-state index in [1.165, 1.54) is 24.3 Å². The summed E-state index contributed by atoms with van der Waals surface area (Å²) in [4.78, 5) is 12.1. The van der Waals surface area contributed by atoms with Gasteiger partial charge in [0.25, 0.3) is 5.91 Å². The molecular weight excluding hydrogens is 401 g/mol. The van der Waals surface area contributed by atoms with Crippen LogP contribution in [0.3, 0.4) is 0 Å². The zero-order valence-electron chi connectivity index (χ0n) is 14.4. The van der Waals surface area contributed by atoms with Gasteiger partial charge in [0, 0.05) is 16.4 Å². The SMILES string of the molecule is O=C(Nc1ccc(NC(=S)Nc2cc(Cl)ccc2O)cc1)c1ccccc1F. The maximum atomic E-state index is 13.7. The van der Waals surface area contributed by atoms with Crippen molar-refractivity contribution in [3.05, 3.63) is 83.1 Å². The maximum Gasteiger partial charge on any atom is 0.258 e. The molecule has 3 rings (SSSR count). The van der Waals surface area contributed by atoms with E-state index >= 15 is 0 Å². The van der Waals surface area contributed by atoms with Crippen LogP contribution in [-0.4, -0.2) is 16.1 Å². The molecule has 0 spiro atoms. The third-order valence-corrected chi connectivity index (χ3v) is 4.17. The third-order valence-electron chi connectivity index (χ3n) is 3.73. The van der Waals surface area contributed by atoms with Gasteiger partial charge in [-0.05, 0) is 66.8 Å². The predicted molar refractivity (Wildman–Crippen MR) is 114 cm³/mol. The number of halogens is 2. The van der Waals surface area contributed by atoms with Crippen molar-refractivity contribution in [3.63, 3.8) is 0 Å². The number of rotatable bonds is 4. The van der Waals surface area contributed by atoms with Crippen molar-refractivity contribution in [2.75, 3.05) is 16.0 Å². The van der Waals surface area contributed by atoms with E-state index in [2.05, 4.69) is 16.0 Å². The molecule has 142 valence electrons. The molecule has 0 aliphatic carbocycles. The Morgan fingerprint density at radius 2 is 1.57 bits per heavy atom. The molecule has 5 nitrogen and oxygen atoms in total. The molecule has 28 heavy (non-hydrogen) atoms. The van der Waals surface area contributed by atoms with Gasteiger partial charge in [-0.2, -0.15) is 0 Å².